The molecular formula is C21H22N6O. The largest absolute Gasteiger partial charge is 0.370 e. The zero-order valence-electron chi connectivity index (χ0n) is 15.8. The number of hydrogen-bond donors (Lipinski definition) is 2. The van der Waals surface area contributed by atoms with Crippen molar-refractivity contribution in [1.29, 1.82) is 5.26 Å². The van der Waals surface area contributed by atoms with Crippen molar-refractivity contribution in [3.63, 3.8) is 0 Å². The maximum atomic E-state index is 12.7. The van der Waals surface area contributed by atoms with E-state index in [1.54, 1.807) is 17.7 Å². The smallest absolute Gasteiger partial charge is 0.270 e. The Morgan fingerprint density at radius 1 is 1.36 bits per heavy atom. The van der Waals surface area contributed by atoms with Gasteiger partial charge in [-0.1, -0.05) is 24.8 Å². The molecule has 0 saturated carbocycles. The first-order valence-corrected chi connectivity index (χ1v) is 9.33. The summed E-state index contributed by atoms with van der Waals surface area (Å²) >= 11 is 0. The number of anilines is 2. The van der Waals surface area contributed by atoms with E-state index in [2.05, 4.69) is 33.1 Å². The van der Waals surface area contributed by atoms with Gasteiger partial charge in [0, 0.05) is 37.6 Å². The molecule has 2 aromatic heterocycles. The van der Waals surface area contributed by atoms with E-state index in [4.69, 9.17) is 0 Å². The van der Waals surface area contributed by atoms with Crippen LogP contribution in [0.1, 0.15) is 24.1 Å². The van der Waals surface area contributed by atoms with E-state index in [0.717, 1.165) is 54.0 Å². The van der Waals surface area contributed by atoms with Crippen molar-refractivity contribution in [1.82, 2.24) is 14.8 Å². The van der Waals surface area contributed by atoms with Gasteiger partial charge in [0.2, 0.25) is 0 Å². The molecule has 1 aliphatic rings. The number of aryl methyl sites for hydroxylation is 1. The van der Waals surface area contributed by atoms with Gasteiger partial charge >= 0.3 is 0 Å². The number of H-pyrrole nitrogens is 1. The average molecular weight is 374 g/mol. The number of nitrogens with one attached hydrogen (secondary N) is 2. The third-order valence-corrected chi connectivity index (χ3v) is 5.37. The third kappa shape index (κ3) is 3.03. The third-order valence-electron chi connectivity index (χ3n) is 5.37. The fourth-order valence-corrected chi connectivity index (χ4v) is 3.89. The minimum Gasteiger partial charge on any atom is -0.370 e. The number of hydrogen-bond acceptors (Lipinski definition) is 5. The molecule has 0 radical (unpaired) electrons. The second-order valence-electron chi connectivity index (χ2n) is 7.03. The van der Waals surface area contributed by atoms with Crippen LogP contribution in [0.25, 0.3) is 17.0 Å². The Labute approximate surface area is 162 Å². The predicted molar refractivity (Wildman–Crippen MR) is 111 cm³/mol. The number of benzene rings is 1. The number of piperidine rings is 1. The normalized spacial score (nSPS) is 14.8. The van der Waals surface area contributed by atoms with E-state index >= 15 is 0 Å². The number of rotatable bonds is 4. The monoisotopic (exact) mass is 374 g/mol. The summed E-state index contributed by atoms with van der Waals surface area (Å²) in [5.74, 6) is 0.880. The molecule has 7 heteroatoms. The fraction of sp³-hybridized carbons (Fsp3) is 0.286. The van der Waals surface area contributed by atoms with Crippen molar-refractivity contribution in [2.75, 3.05) is 23.3 Å². The standard InChI is InChI=1S/C21H22N6O/c1-3-14-12-19(25-24-14)23-15-8-10-27(11-9-15)20-16-6-4-5-7-18(16)26(2)21(28)17(20)13-22/h3-7,12,15H,1,8-11H2,2H3,(H2,23,24,25). The fourth-order valence-electron chi connectivity index (χ4n) is 3.89. The van der Waals surface area contributed by atoms with Crippen LogP contribution in [0.3, 0.4) is 0 Å². The molecule has 1 aliphatic heterocycles. The summed E-state index contributed by atoms with van der Waals surface area (Å²) in [6, 6.07) is 12.1. The van der Waals surface area contributed by atoms with Crippen LogP contribution in [0.5, 0.6) is 0 Å². The highest BCUT2D eigenvalue weighted by molar-refractivity contribution is 5.94. The van der Waals surface area contributed by atoms with Crippen LogP contribution < -0.4 is 15.8 Å². The molecule has 0 atom stereocenters. The molecule has 3 aromatic rings. The molecule has 2 N–H and O–H groups in total. The number of para-hydroxylation sites is 1. The molecule has 0 unspecified atom stereocenters. The highest BCUT2D eigenvalue weighted by Crippen LogP contribution is 2.31. The van der Waals surface area contributed by atoms with Crippen LogP contribution in [0, 0.1) is 11.3 Å². The van der Waals surface area contributed by atoms with Gasteiger partial charge in [0.25, 0.3) is 5.56 Å². The lowest BCUT2D eigenvalue weighted by molar-refractivity contribution is 0.525. The van der Waals surface area contributed by atoms with Crippen LogP contribution in [0.4, 0.5) is 11.5 Å². The van der Waals surface area contributed by atoms with E-state index in [-0.39, 0.29) is 11.1 Å². The summed E-state index contributed by atoms with van der Waals surface area (Å²) < 4.78 is 1.56. The molecule has 0 bridgehead atoms. The number of nitrogens with zero attached hydrogens (tertiary/aromatic N) is 4. The van der Waals surface area contributed by atoms with Gasteiger partial charge in [0.1, 0.15) is 17.5 Å². The predicted octanol–water partition coefficient (Wildman–Crippen LogP) is 2.86. The van der Waals surface area contributed by atoms with E-state index in [1.807, 2.05) is 30.3 Å². The van der Waals surface area contributed by atoms with Crippen LogP contribution >= 0.6 is 0 Å². The lowest BCUT2D eigenvalue weighted by Gasteiger charge is -2.35. The summed E-state index contributed by atoms with van der Waals surface area (Å²) in [6.07, 6.45) is 3.50. The van der Waals surface area contributed by atoms with Crippen molar-refractivity contribution in [3.05, 3.63) is 58.5 Å². The highest BCUT2D eigenvalue weighted by Gasteiger charge is 2.25. The summed E-state index contributed by atoms with van der Waals surface area (Å²) in [5, 5.41) is 21.2. The Balaban J connectivity index is 1.60. The quantitative estimate of drug-likeness (QED) is 0.733. The highest BCUT2D eigenvalue weighted by atomic mass is 16.1. The second kappa shape index (κ2) is 7.24. The maximum absolute atomic E-state index is 12.7. The molecule has 1 aromatic carbocycles. The molecule has 7 nitrogen and oxygen atoms in total. The first-order valence-electron chi connectivity index (χ1n) is 9.33. The molecule has 142 valence electrons. The summed E-state index contributed by atoms with van der Waals surface area (Å²) in [7, 11) is 1.72. The molecule has 1 saturated heterocycles. The van der Waals surface area contributed by atoms with E-state index in [0.29, 0.717) is 6.04 Å². The van der Waals surface area contributed by atoms with Crippen molar-refractivity contribution >= 4 is 28.5 Å². The molecule has 28 heavy (non-hydrogen) atoms. The van der Waals surface area contributed by atoms with Crippen LogP contribution in [0.15, 0.2) is 41.7 Å². The van der Waals surface area contributed by atoms with Gasteiger partial charge in [-0.3, -0.25) is 9.89 Å². The van der Waals surface area contributed by atoms with Gasteiger partial charge in [-0.25, -0.2) is 0 Å². The molecule has 1 fully saturated rings. The Hall–Kier alpha value is -3.53. The van der Waals surface area contributed by atoms with Crippen LogP contribution in [0.2, 0.25) is 0 Å². The summed E-state index contributed by atoms with van der Waals surface area (Å²) in [4.78, 5) is 14.9. The SMILES string of the molecule is C=Cc1cc(NC2CCN(c3c(C#N)c(=O)n(C)c4ccccc34)CC2)[nH]n1. The summed E-state index contributed by atoms with van der Waals surface area (Å²) in [6.45, 7) is 5.26. The lowest BCUT2D eigenvalue weighted by atomic mass is 10.0. The zero-order valence-corrected chi connectivity index (χ0v) is 15.8. The number of aromatic nitrogens is 3. The van der Waals surface area contributed by atoms with E-state index in [1.165, 1.54) is 0 Å². The van der Waals surface area contributed by atoms with Gasteiger partial charge in [0.05, 0.1) is 16.9 Å². The Morgan fingerprint density at radius 3 is 2.79 bits per heavy atom. The van der Waals surface area contributed by atoms with Gasteiger partial charge in [0.15, 0.2) is 0 Å². The summed E-state index contributed by atoms with van der Waals surface area (Å²) in [5.41, 5.74) is 2.39. The zero-order chi connectivity index (χ0) is 19.7. The topological polar surface area (TPSA) is 89.7 Å². The first kappa shape index (κ1) is 17.9. The van der Waals surface area contributed by atoms with E-state index < -0.39 is 0 Å². The minimum absolute atomic E-state index is 0.219. The maximum Gasteiger partial charge on any atom is 0.270 e. The minimum atomic E-state index is -0.245. The van der Waals surface area contributed by atoms with Gasteiger partial charge in [-0.05, 0) is 25.0 Å². The average Bonchev–Trinajstić information content (AvgIpc) is 3.19. The number of pyridine rings is 1. The number of nitriles is 1. The number of fused-ring (bicyclic) bond motifs is 1. The molecule has 0 spiro atoms. The Bertz CT molecular complexity index is 1130. The molecular weight excluding hydrogens is 352 g/mol. The van der Waals surface area contributed by atoms with Crippen LogP contribution in [-0.2, 0) is 7.05 Å². The number of aromatic amines is 1. The molecule has 4 rings (SSSR count). The Morgan fingerprint density at radius 2 is 2.11 bits per heavy atom. The second-order valence-corrected chi connectivity index (χ2v) is 7.03. The van der Waals surface area contributed by atoms with E-state index in [9.17, 15) is 10.1 Å². The van der Waals surface area contributed by atoms with Crippen molar-refractivity contribution in [2.45, 2.75) is 18.9 Å². The lowest BCUT2D eigenvalue weighted by Crippen LogP contribution is -2.40. The molecule has 3 heterocycles. The van der Waals surface area contributed by atoms with Crippen molar-refractivity contribution in [2.24, 2.45) is 7.05 Å². The first-order chi connectivity index (χ1) is 13.6. The Kier molecular flexibility index (Phi) is 4.62. The van der Waals surface area contributed by atoms with Gasteiger partial charge < -0.3 is 14.8 Å². The van der Waals surface area contributed by atoms with Crippen molar-refractivity contribution in [3.8, 4) is 6.07 Å². The van der Waals surface area contributed by atoms with Gasteiger partial charge in [-0.2, -0.15) is 10.4 Å². The molecule has 0 aliphatic carbocycles. The van der Waals surface area contributed by atoms with Gasteiger partial charge in [-0.15, -0.1) is 0 Å². The molecule has 0 amide bonds. The van der Waals surface area contributed by atoms with Crippen molar-refractivity contribution < 1.29 is 0 Å². The van der Waals surface area contributed by atoms with Crippen LogP contribution in [-0.4, -0.2) is 33.9 Å².